The van der Waals surface area contributed by atoms with Gasteiger partial charge in [-0.25, -0.2) is 4.39 Å². The number of phenolic OH excluding ortho intramolecular Hbond substituents is 1. The Balaban J connectivity index is 0.000000623. The summed E-state index contributed by atoms with van der Waals surface area (Å²) in [6, 6.07) is 65.5. The van der Waals surface area contributed by atoms with Gasteiger partial charge in [0.05, 0.1) is 10.0 Å². The molecule has 0 aliphatic heterocycles. The molecule has 112 heavy (non-hydrogen) atoms. The lowest BCUT2D eigenvalue weighted by atomic mass is 9.86. The summed E-state index contributed by atoms with van der Waals surface area (Å²) in [5.41, 5.74) is 11.8. The Labute approximate surface area is 737 Å². The van der Waals surface area contributed by atoms with Crippen molar-refractivity contribution in [1.29, 1.82) is 0 Å². The number of hydrogen-bond acceptors (Lipinski definition) is 2. The van der Waals surface area contributed by atoms with Crippen molar-refractivity contribution in [3.63, 3.8) is 0 Å². The molecule has 0 saturated carbocycles. The average Bonchev–Trinajstić information content (AvgIpc) is 1.08. The van der Waals surface area contributed by atoms with Crippen molar-refractivity contribution in [2.24, 2.45) is 0 Å². The van der Waals surface area contributed by atoms with Gasteiger partial charge in [0, 0.05) is 50.1 Å². The minimum absolute atomic E-state index is 0.0331. The Kier molecular flexibility index (Phi) is 43.5. The summed E-state index contributed by atoms with van der Waals surface area (Å²) in [7, 11) is 0. The molecule has 1 aromatic heterocycles. The SMILES string of the molecule is CC(C)(C)c1cc(Cl)ccc1Cl.CC(C)(C)c1cc(F)ccc1Cl.CC(C)(C)c1ccc(Cl)c(Cl)c1.CC(C)(C)c1ccc(Cl)cc1.CC(C)(C)c1ccc(Cl)cc1Cl.CC(C)(C)c1ccc(Cl)cc1O.CC(C)(C)c1cccc(Cl)c1.CC(C)(C)c1ccccc1.CC(C)(C)c1ccccc1Cl.CC(C)(C)c1cccs1. The number of aromatic hydroxyl groups is 1. The van der Waals surface area contributed by atoms with E-state index in [1.165, 1.54) is 44.8 Å². The van der Waals surface area contributed by atoms with E-state index in [0.29, 0.717) is 35.9 Å². The Morgan fingerprint density at radius 2 is 0.571 bits per heavy atom. The maximum absolute atomic E-state index is 12.8. The van der Waals surface area contributed by atoms with E-state index >= 15 is 0 Å². The van der Waals surface area contributed by atoms with E-state index in [-0.39, 0.29) is 54.9 Å². The van der Waals surface area contributed by atoms with Crippen LogP contribution in [-0.2, 0) is 54.1 Å². The van der Waals surface area contributed by atoms with E-state index in [1.807, 2.05) is 129 Å². The highest BCUT2D eigenvalue weighted by atomic mass is 35.5. The normalized spacial score (nSPS) is 11.7. The van der Waals surface area contributed by atoms with Crippen LogP contribution in [0.25, 0.3) is 0 Å². The fraction of sp³-hybridized carbons (Fsp3) is 0.408. The Morgan fingerprint density at radius 1 is 0.223 bits per heavy atom. The van der Waals surface area contributed by atoms with Crippen LogP contribution in [0.1, 0.15) is 263 Å². The number of halogens is 12. The molecule has 614 valence electrons. The zero-order chi connectivity index (χ0) is 86.7. The van der Waals surface area contributed by atoms with Crippen LogP contribution >= 0.6 is 139 Å². The first kappa shape index (κ1) is 106. The second kappa shape index (κ2) is 46.1. The maximum Gasteiger partial charge on any atom is 0.123 e. The molecule has 0 radical (unpaired) electrons. The van der Waals surface area contributed by atoms with Crippen molar-refractivity contribution in [2.45, 2.75) is 262 Å². The highest BCUT2D eigenvalue weighted by Crippen LogP contribution is 2.37. The molecule has 0 unspecified atom stereocenters. The number of benzene rings is 9. The summed E-state index contributed by atoms with van der Waals surface area (Å²) in [5, 5.41) is 19.6. The summed E-state index contributed by atoms with van der Waals surface area (Å²) < 4.78 is 12.8. The minimum Gasteiger partial charge on any atom is -0.508 e. The highest BCUT2D eigenvalue weighted by molar-refractivity contribution is 7.10. The predicted octanol–water partition coefficient (Wildman–Crippen LogP) is 36.9. The van der Waals surface area contributed by atoms with Gasteiger partial charge in [-0.2, -0.15) is 0 Å². The summed E-state index contributed by atoms with van der Waals surface area (Å²) in [6.07, 6.45) is 0. The van der Waals surface area contributed by atoms with Gasteiger partial charge in [0.25, 0.3) is 0 Å². The van der Waals surface area contributed by atoms with Crippen molar-refractivity contribution in [1.82, 2.24) is 0 Å². The van der Waals surface area contributed by atoms with E-state index < -0.39 is 0 Å². The van der Waals surface area contributed by atoms with Crippen molar-refractivity contribution >= 4 is 139 Å². The van der Waals surface area contributed by atoms with Crippen LogP contribution in [0, 0.1) is 5.82 Å². The summed E-state index contributed by atoms with van der Waals surface area (Å²) in [4.78, 5) is 1.46. The van der Waals surface area contributed by atoms with Gasteiger partial charge in [0.2, 0.25) is 0 Å². The van der Waals surface area contributed by atoms with E-state index in [9.17, 15) is 9.50 Å². The van der Waals surface area contributed by atoms with Crippen molar-refractivity contribution in [2.75, 3.05) is 0 Å². The molecule has 0 bridgehead atoms. The summed E-state index contributed by atoms with van der Waals surface area (Å²) in [6.45, 7) is 64.3. The third-order valence-electron chi connectivity index (χ3n) is 16.7. The molecule has 10 aromatic rings. The zero-order valence-corrected chi connectivity index (χ0v) is 81.2. The lowest BCUT2D eigenvalue weighted by molar-refractivity contribution is 0.447. The minimum atomic E-state index is -0.232. The molecule has 14 heteroatoms. The Hall–Kier alpha value is -4.40. The largest absolute Gasteiger partial charge is 0.508 e. The molecule has 1 nitrogen and oxygen atoms in total. The smallest absolute Gasteiger partial charge is 0.123 e. The fourth-order valence-corrected chi connectivity index (χ4v) is 13.6. The van der Waals surface area contributed by atoms with Crippen LogP contribution in [0.5, 0.6) is 5.75 Å². The standard InChI is InChI=1S/3C10H12Cl2.C10H12ClF.C10H13ClO.3C10H13Cl.C10H14.C8H12S/c1-10(2,3)8-6-7(11)4-5-9(8)12;1-10(2,3)8-5-4-7(11)6-9(8)12;1-10(2,3)7-4-5-8(11)9(12)6-7;1-10(2,3)8-6-7(12)4-5-9(8)11;1-10(2,3)8-5-4-7(11)6-9(8)12;1-10(2,3)8-4-6-9(11)7-5-8;1-10(2,3)8-5-4-6-9(11)7-8;1-10(2,3)8-6-4-5-7-9(8)11;1-10(2,3)9-7-5-4-6-8-9;1-8(2,3)7-5-4-6-9-7/h4*4-6H,1-3H3;4-6,12H,1-3H3;3*4-7H,1-3H3;4-8H,1-3H3;4-6H,1-3H3. The predicted molar refractivity (Wildman–Crippen MR) is 506 cm³/mol. The molecule has 1 heterocycles. The number of thiophene rings is 1. The van der Waals surface area contributed by atoms with Crippen molar-refractivity contribution in [3.05, 3.63) is 328 Å². The third kappa shape index (κ3) is 41.6. The number of rotatable bonds is 0. The van der Waals surface area contributed by atoms with Crippen LogP contribution in [0.2, 0.25) is 55.2 Å². The van der Waals surface area contributed by atoms with Gasteiger partial charge in [-0.05, 0) is 219 Å². The number of phenols is 1. The second-order valence-corrected chi connectivity index (χ2v) is 43.1. The van der Waals surface area contributed by atoms with E-state index in [4.69, 9.17) is 128 Å². The van der Waals surface area contributed by atoms with Crippen LogP contribution in [0.4, 0.5) is 4.39 Å². The first-order valence-electron chi connectivity index (χ1n) is 37.5. The molecule has 9 aromatic carbocycles. The second-order valence-electron chi connectivity index (χ2n) is 37.5. The monoisotopic (exact) mass is 1750 g/mol. The summed E-state index contributed by atoms with van der Waals surface area (Å²) >= 11 is 66.5. The Bertz CT molecular complexity index is 4280. The molecule has 0 saturated heterocycles. The van der Waals surface area contributed by atoms with Gasteiger partial charge in [0.1, 0.15) is 11.6 Å². The van der Waals surface area contributed by atoms with Crippen LogP contribution in [0.15, 0.2) is 212 Å². The summed E-state index contributed by atoms with van der Waals surface area (Å²) in [5.74, 6) is 0.0410. The van der Waals surface area contributed by atoms with Gasteiger partial charge < -0.3 is 5.11 Å². The molecule has 10 rings (SSSR count). The molecule has 0 fully saturated rings. The maximum atomic E-state index is 12.8. The van der Waals surface area contributed by atoms with Crippen LogP contribution in [-0.4, -0.2) is 5.11 Å². The first-order chi connectivity index (χ1) is 50.8. The van der Waals surface area contributed by atoms with E-state index in [1.54, 1.807) is 30.3 Å². The third-order valence-corrected chi connectivity index (χ3v) is 21.3. The zero-order valence-electron chi connectivity index (χ0n) is 72.1. The average molecular weight is 1760 g/mol. The molecular formula is C98H126Cl11FOS. The first-order valence-corrected chi connectivity index (χ1v) is 42.5. The van der Waals surface area contributed by atoms with Crippen LogP contribution in [0.3, 0.4) is 0 Å². The van der Waals surface area contributed by atoms with Gasteiger partial charge in [-0.3, -0.25) is 0 Å². The molecule has 0 amide bonds. The topological polar surface area (TPSA) is 20.2 Å². The fourth-order valence-electron chi connectivity index (χ4n) is 9.96. The van der Waals surface area contributed by atoms with Crippen molar-refractivity contribution < 1.29 is 9.50 Å². The molecular weight excluding hydrogens is 1630 g/mol. The van der Waals surface area contributed by atoms with E-state index in [0.717, 1.165) is 52.4 Å². The lowest BCUT2D eigenvalue weighted by Crippen LogP contribution is -2.11. The molecule has 0 aliphatic carbocycles. The highest BCUT2D eigenvalue weighted by Gasteiger charge is 2.23. The van der Waals surface area contributed by atoms with Gasteiger partial charge in [-0.15, -0.1) is 11.3 Å². The van der Waals surface area contributed by atoms with Crippen LogP contribution < -0.4 is 0 Å². The van der Waals surface area contributed by atoms with Crippen molar-refractivity contribution in [3.8, 4) is 5.75 Å². The molecule has 0 aliphatic rings. The Morgan fingerprint density at radius 3 is 0.929 bits per heavy atom. The quantitative estimate of drug-likeness (QED) is 0.160. The van der Waals surface area contributed by atoms with Gasteiger partial charge >= 0.3 is 0 Å². The lowest BCUT2D eigenvalue weighted by Gasteiger charge is -2.20. The molecule has 0 spiro atoms. The van der Waals surface area contributed by atoms with E-state index in [2.05, 4.69) is 259 Å². The molecule has 1 N–H and O–H groups in total. The van der Waals surface area contributed by atoms with Gasteiger partial charge in [-0.1, -0.05) is 432 Å². The molecule has 0 atom stereocenters. The number of hydrogen-bond donors (Lipinski definition) is 1. The van der Waals surface area contributed by atoms with Gasteiger partial charge in [0.15, 0.2) is 0 Å².